The third-order valence-corrected chi connectivity index (χ3v) is 4.19. The summed E-state index contributed by atoms with van der Waals surface area (Å²) in [7, 11) is 2.11. The van der Waals surface area contributed by atoms with Crippen molar-refractivity contribution in [2.24, 2.45) is 5.92 Å². The van der Waals surface area contributed by atoms with Gasteiger partial charge in [0.25, 0.3) is 5.91 Å². The molecule has 1 aliphatic rings. The maximum atomic E-state index is 12.1. The monoisotopic (exact) mass is 300 g/mol. The number of rotatable bonds is 4. The normalized spacial score (nSPS) is 21.9. The molecule has 6 heteroatoms. The van der Waals surface area contributed by atoms with Gasteiger partial charge < -0.3 is 9.84 Å². The number of likely N-dealkylation sites (tertiary alicyclic amines) is 1. The molecular weight excluding hydrogens is 280 g/mol. The average molecular weight is 300 g/mol. The number of amides is 1. The van der Waals surface area contributed by atoms with Crippen LogP contribution >= 0.6 is 0 Å². The number of carbonyl (C=O) groups excluding carboxylic acids is 1. The molecule has 1 aliphatic heterocycles. The van der Waals surface area contributed by atoms with Crippen LogP contribution in [0.25, 0.3) is 0 Å². The molecule has 2 atom stereocenters. The molecule has 1 amide bonds. The molecule has 0 unspecified atom stereocenters. The van der Waals surface area contributed by atoms with Gasteiger partial charge in [-0.2, -0.15) is 0 Å². The zero-order valence-corrected chi connectivity index (χ0v) is 12.8. The van der Waals surface area contributed by atoms with Crippen molar-refractivity contribution < 1.29 is 9.32 Å². The highest BCUT2D eigenvalue weighted by atomic mass is 16.5. The van der Waals surface area contributed by atoms with Crippen LogP contribution in [-0.4, -0.2) is 41.1 Å². The molecule has 1 fully saturated rings. The first kappa shape index (κ1) is 14.7. The van der Waals surface area contributed by atoms with Crippen molar-refractivity contribution in [3.05, 3.63) is 47.6 Å². The minimum Gasteiger partial charge on any atom is -0.361 e. The summed E-state index contributed by atoms with van der Waals surface area (Å²) in [5, 5.41) is 6.71. The van der Waals surface area contributed by atoms with Crippen LogP contribution in [-0.2, 0) is 0 Å². The van der Waals surface area contributed by atoms with Crippen molar-refractivity contribution in [2.45, 2.75) is 19.4 Å². The third-order valence-electron chi connectivity index (χ3n) is 4.19. The Balaban J connectivity index is 1.65. The summed E-state index contributed by atoms with van der Waals surface area (Å²) < 4.78 is 4.94. The third kappa shape index (κ3) is 3.01. The summed E-state index contributed by atoms with van der Waals surface area (Å²) in [6, 6.07) is 5.98. The van der Waals surface area contributed by atoms with E-state index in [1.54, 1.807) is 19.2 Å². The van der Waals surface area contributed by atoms with E-state index in [1.807, 2.05) is 12.3 Å². The molecule has 116 valence electrons. The SMILES string of the molecule is Cc1cc(C(=O)NC[C@@H]2CCN(C)[C@H]2c2cccnc2)no1. The molecule has 6 nitrogen and oxygen atoms in total. The van der Waals surface area contributed by atoms with Gasteiger partial charge in [0.1, 0.15) is 5.76 Å². The van der Waals surface area contributed by atoms with Gasteiger partial charge in [-0.15, -0.1) is 0 Å². The van der Waals surface area contributed by atoms with Gasteiger partial charge >= 0.3 is 0 Å². The van der Waals surface area contributed by atoms with E-state index in [-0.39, 0.29) is 11.9 Å². The van der Waals surface area contributed by atoms with Crippen LogP contribution in [0.3, 0.4) is 0 Å². The van der Waals surface area contributed by atoms with Gasteiger partial charge in [0.15, 0.2) is 5.69 Å². The lowest BCUT2D eigenvalue weighted by Gasteiger charge is -2.25. The number of hydrogen-bond donors (Lipinski definition) is 1. The summed E-state index contributed by atoms with van der Waals surface area (Å²) >= 11 is 0. The largest absolute Gasteiger partial charge is 0.361 e. The zero-order valence-electron chi connectivity index (χ0n) is 12.8. The molecule has 2 aromatic rings. The molecular formula is C16H20N4O2. The maximum absolute atomic E-state index is 12.1. The van der Waals surface area contributed by atoms with Gasteiger partial charge in [0, 0.05) is 31.0 Å². The van der Waals surface area contributed by atoms with Crippen LogP contribution in [0.15, 0.2) is 35.1 Å². The van der Waals surface area contributed by atoms with Crippen molar-refractivity contribution in [3.63, 3.8) is 0 Å². The molecule has 0 bridgehead atoms. The van der Waals surface area contributed by atoms with Crippen molar-refractivity contribution in [1.82, 2.24) is 20.4 Å². The molecule has 3 rings (SSSR count). The van der Waals surface area contributed by atoms with Crippen LogP contribution in [0.5, 0.6) is 0 Å². The van der Waals surface area contributed by atoms with Crippen LogP contribution in [0, 0.1) is 12.8 Å². The van der Waals surface area contributed by atoms with E-state index in [9.17, 15) is 4.79 Å². The number of hydrogen-bond acceptors (Lipinski definition) is 5. The van der Waals surface area contributed by atoms with E-state index < -0.39 is 0 Å². The summed E-state index contributed by atoms with van der Waals surface area (Å²) in [4.78, 5) is 18.6. The second-order valence-electron chi connectivity index (χ2n) is 5.79. The summed E-state index contributed by atoms with van der Waals surface area (Å²) in [5.41, 5.74) is 1.53. The fraction of sp³-hybridized carbons (Fsp3) is 0.438. The van der Waals surface area contributed by atoms with E-state index in [0.717, 1.165) is 13.0 Å². The van der Waals surface area contributed by atoms with Crippen molar-refractivity contribution in [1.29, 1.82) is 0 Å². The smallest absolute Gasteiger partial charge is 0.273 e. The van der Waals surface area contributed by atoms with Gasteiger partial charge in [-0.3, -0.25) is 14.7 Å². The molecule has 0 aromatic carbocycles. The quantitative estimate of drug-likeness (QED) is 0.932. The second-order valence-corrected chi connectivity index (χ2v) is 5.79. The lowest BCUT2D eigenvalue weighted by atomic mass is 9.95. The Bertz CT molecular complexity index is 641. The van der Waals surface area contributed by atoms with Crippen LogP contribution in [0.4, 0.5) is 0 Å². The Morgan fingerprint density at radius 3 is 3.09 bits per heavy atom. The first-order valence-corrected chi connectivity index (χ1v) is 7.47. The standard InChI is InChI=1S/C16H20N4O2/c1-11-8-14(19-22-11)16(21)18-10-13-5-7-20(2)15(13)12-4-3-6-17-9-12/h3-4,6,8-9,13,15H,5,7,10H2,1-2H3,(H,18,21)/t13-,15-/m0/s1. The van der Waals surface area contributed by atoms with Gasteiger partial charge in [0.05, 0.1) is 0 Å². The van der Waals surface area contributed by atoms with E-state index in [1.165, 1.54) is 5.56 Å². The fourth-order valence-electron chi connectivity index (χ4n) is 3.11. The fourth-order valence-corrected chi connectivity index (χ4v) is 3.11. The molecule has 1 saturated heterocycles. The maximum Gasteiger partial charge on any atom is 0.273 e. The minimum atomic E-state index is -0.184. The number of aromatic nitrogens is 2. The Labute approximate surface area is 129 Å². The lowest BCUT2D eigenvalue weighted by Crippen LogP contribution is -2.32. The molecule has 1 N–H and O–H groups in total. The zero-order chi connectivity index (χ0) is 15.5. The number of nitrogens with one attached hydrogen (secondary N) is 1. The highest BCUT2D eigenvalue weighted by Gasteiger charge is 2.33. The number of nitrogens with zero attached hydrogens (tertiary/aromatic N) is 3. The lowest BCUT2D eigenvalue weighted by molar-refractivity contribution is 0.0934. The van der Waals surface area contributed by atoms with Crippen LogP contribution in [0.1, 0.15) is 34.3 Å². The average Bonchev–Trinajstić information content (AvgIpc) is 3.12. The molecule has 0 spiro atoms. The Kier molecular flexibility index (Phi) is 4.20. The molecule has 0 saturated carbocycles. The highest BCUT2D eigenvalue weighted by Crippen LogP contribution is 2.35. The van der Waals surface area contributed by atoms with Crippen molar-refractivity contribution in [3.8, 4) is 0 Å². The van der Waals surface area contributed by atoms with E-state index in [2.05, 4.69) is 33.5 Å². The first-order chi connectivity index (χ1) is 10.6. The summed E-state index contributed by atoms with van der Waals surface area (Å²) in [6.07, 6.45) is 4.73. The van der Waals surface area contributed by atoms with Crippen LogP contribution in [0.2, 0.25) is 0 Å². The van der Waals surface area contributed by atoms with Gasteiger partial charge in [0.2, 0.25) is 0 Å². The molecule has 2 aromatic heterocycles. The Morgan fingerprint density at radius 1 is 1.55 bits per heavy atom. The topological polar surface area (TPSA) is 71.3 Å². The Hall–Kier alpha value is -2.21. The van der Waals surface area contributed by atoms with Gasteiger partial charge in [-0.1, -0.05) is 11.2 Å². The van der Waals surface area contributed by atoms with Crippen molar-refractivity contribution in [2.75, 3.05) is 20.1 Å². The molecule has 0 radical (unpaired) electrons. The number of pyridine rings is 1. The first-order valence-electron chi connectivity index (χ1n) is 7.47. The second kappa shape index (κ2) is 6.27. The molecule has 3 heterocycles. The van der Waals surface area contributed by atoms with Gasteiger partial charge in [-0.05, 0) is 44.5 Å². The predicted molar refractivity (Wildman–Crippen MR) is 81.3 cm³/mol. The number of carbonyl (C=O) groups is 1. The molecule has 0 aliphatic carbocycles. The van der Waals surface area contributed by atoms with E-state index >= 15 is 0 Å². The summed E-state index contributed by atoms with van der Waals surface area (Å²) in [5.74, 6) is 0.821. The summed E-state index contributed by atoms with van der Waals surface area (Å²) in [6.45, 7) is 3.41. The predicted octanol–water partition coefficient (Wildman–Crippen LogP) is 1.80. The van der Waals surface area contributed by atoms with E-state index in [4.69, 9.17) is 4.52 Å². The van der Waals surface area contributed by atoms with E-state index in [0.29, 0.717) is 23.9 Å². The Morgan fingerprint density at radius 2 is 2.41 bits per heavy atom. The van der Waals surface area contributed by atoms with Gasteiger partial charge in [-0.25, -0.2) is 0 Å². The molecule has 22 heavy (non-hydrogen) atoms. The minimum absolute atomic E-state index is 0.184. The van der Waals surface area contributed by atoms with Crippen LogP contribution < -0.4 is 5.32 Å². The van der Waals surface area contributed by atoms with Crippen molar-refractivity contribution >= 4 is 5.91 Å². The highest BCUT2D eigenvalue weighted by molar-refractivity contribution is 5.92. The number of aryl methyl sites for hydroxylation is 1.